The van der Waals surface area contributed by atoms with E-state index in [2.05, 4.69) is 47.2 Å². The van der Waals surface area contributed by atoms with Crippen LogP contribution in [0, 0.1) is 0 Å². The zero-order valence-electron chi connectivity index (χ0n) is 16.2. The van der Waals surface area contributed by atoms with Gasteiger partial charge in [0.1, 0.15) is 0 Å². The summed E-state index contributed by atoms with van der Waals surface area (Å²) in [5.74, 6) is 0.0828. The van der Waals surface area contributed by atoms with Crippen molar-refractivity contribution in [1.82, 2.24) is 14.7 Å². The molecule has 1 saturated heterocycles. The van der Waals surface area contributed by atoms with Crippen LogP contribution in [0.5, 0.6) is 0 Å². The van der Waals surface area contributed by atoms with Gasteiger partial charge in [-0.2, -0.15) is 0 Å². The Balaban J connectivity index is 1.56. The summed E-state index contributed by atoms with van der Waals surface area (Å²) in [7, 11) is 2.16. The molecule has 0 unspecified atom stereocenters. The number of rotatable bonds is 4. The van der Waals surface area contributed by atoms with Crippen molar-refractivity contribution in [2.45, 2.75) is 33.0 Å². The summed E-state index contributed by atoms with van der Waals surface area (Å²) < 4.78 is 0. The smallest absolute Gasteiger partial charge is 0.254 e. The number of carbonyl (C=O) groups is 1. The number of halogens is 1. The van der Waals surface area contributed by atoms with Gasteiger partial charge in [-0.15, -0.1) is 0 Å². The third-order valence-corrected chi connectivity index (χ3v) is 5.87. The first-order valence-corrected chi connectivity index (χ1v) is 9.94. The normalized spacial score (nSPS) is 18.0. The summed E-state index contributed by atoms with van der Waals surface area (Å²) in [6.45, 7) is 9.01. The molecule has 0 saturated carbocycles. The minimum absolute atomic E-state index is 0.0828. The van der Waals surface area contributed by atoms with Crippen LogP contribution in [0.2, 0.25) is 5.02 Å². The Kier molecular flexibility index (Phi) is 4.97. The molecule has 2 aromatic rings. The highest BCUT2D eigenvalue weighted by atomic mass is 35.5. The van der Waals surface area contributed by atoms with Gasteiger partial charge in [0.05, 0.1) is 6.67 Å². The average Bonchev–Trinajstić information content (AvgIpc) is 3.18. The summed E-state index contributed by atoms with van der Waals surface area (Å²) in [6.07, 6.45) is 0. The summed E-state index contributed by atoms with van der Waals surface area (Å²) in [6, 6.07) is 12.8. The summed E-state index contributed by atoms with van der Waals surface area (Å²) in [5.41, 5.74) is 5.22. The number of benzene rings is 2. The molecule has 2 aliphatic rings. The van der Waals surface area contributed by atoms with Crippen molar-refractivity contribution in [3.63, 3.8) is 0 Å². The fourth-order valence-corrected chi connectivity index (χ4v) is 4.24. The zero-order chi connectivity index (χ0) is 19.1. The number of likely N-dealkylation sites (N-methyl/N-ethyl adjacent to an activating group) is 1. The van der Waals surface area contributed by atoms with Crippen molar-refractivity contribution in [3.8, 4) is 11.1 Å². The maximum absolute atomic E-state index is 12.5. The van der Waals surface area contributed by atoms with Crippen LogP contribution in [0.15, 0.2) is 36.4 Å². The highest BCUT2D eigenvalue weighted by molar-refractivity contribution is 6.33. The van der Waals surface area contributed by atoms with E-state index >= 15 is 0 Å². The molecule has 0 atom stereocenters. The van der Waals surface area contributed by atoms with Crippen molar-refractivity contribution in [2.75, 3.05) is 26.8 Å². The van der Waals surface area contributed by atoms with Gasteiger partial charge in [0.15, 0.2) is 0 Å². The maximum Gasteiger partial charge on any atom is 0.254 e. The Morgan fingerprint density at radius 1 is 1.07 bits per heavy atom. The summed E-state index contributed by atoms with van der Waals surface area (Å²) >= 11 is 6.54. The van der Waals surface area contributed by atoms with Gasteiger partial charge >= 0.3 is 0 Å². The molecule has 2 heterocycles. The van der Waals surface area contributed by atoms with E-state index < -0.39 is 0 Å². The molecule has 2 aromatic carbocycles. The minimum Gasteiger partial charge on any atom is -0.332 e. The molecule has 0 aromatic heterocycles. The molecule has 1 fully saturated rings. The van der Waals surface area contributed by atoms with E-state index in [9.17, 15) is 4.79 Å². The first-order chi connectivity index (χ1) is 12.9. The molecule has 142 valence electrons. The number of nitrogens with zero attached hydrogens (tertiary/aromatic N) is 3. The monoisotopic (exact) mass is 383 g/mol. The summed E-state index contributed by atoms with van der Waals surface area (Å²) in [5, 5.41) is 0.640. The van der Waals surface area contributed by atoms with E-state index in [1.54, 1.807) is 0 Å². The van der Waals surface area contributed by atoms with Gasteiger partial charge in [0.2, 0.25) is 0 Å². The quantitative estimate of drug-likeness (QED) is 0.796. The van der Waals surface area contributed by atoms with E-state index in [0.29, 0.717) is 11.6 Å². The molecule has 2 aliphatic heterocycles. The van der Waals surface area contributed by atoms with Gasteiger partial charge in [-0.05, 0) is 49.7 Å². The molecule has 0 radical (unpaired) electrons. The predicted octanol–water partition coefficient (Wildman–Crippen LogP) is 4.08. The lowest BCUT2D eigenvalue weighted by molar-refractivity contribution is 0.0730. The highest BCUT2D eigenvalue weighted by Gasteiger charge is 2.30. The molecule has 4 nitrogen and oxygen atoms in total. The second-order valence-corrected chi connectivity index (χ2v) is 8.39. The minimum atomic E-state index is 0.0828. The van der Waals surface area contributed by atoms with E-state index in [1.165, 1.54) is 5.56 Å². The van der Waals surface area contributed by atoms with Gasteiger partial charge in [0, 0.05) is 48.4 Å². The van der Waals surface area contributed by atoms with Crippen molar-refractivity contribution in [2.24, 2.45) is 0 Å². The van der Waals surface area contributed by atoms with Crippen LogP contribution in [-0.4, -0.2) is 53.5 Å². The van der Waals surface area contributed by atoms with E-state index in [-0.39, 0.29) is 11.9 Å². The summed E-state index contributed by atoms with van der Waals surface area (Å²) in [4.78, 5) is 19.2. The van der Waals surface area contributed by atoms with Crippen LogP contribution in [0.4, 0.5) is 0 Å². The highest BCUT2D eigenvalue weighted by Crippen LogP contribution is 2.35. The second-order valence-electron chi connectivity index (χ2n) is 7.99. The van der Waals surface area contributed by atoms with Gasteiger partial charge < -0.3 is 4.90 Å². The SMILES string of the molecule is CC(C)N1Cc2cc(-c3ccc(CN4CCN(C)C4)cc3)c(Cl)cc2C1=O. The lowest BCUT2D eigenvalue weighted by Crippen LogP contribution is -2.30. The third kappa shape index (κ3) is 3.62. The molecule has 0 bridgehead atoms. The molecule has 4 rings (SSSR count). The van der Waals surface area contributed by atoms with Gasteiger partial charge in [-0.1, -0.05) is 35.9 Å². The molecule has 1 amide bonds. The fraction of sp³-hybridized carbons (Fsp3) is 0.409. The Morgan fingerprint density at radius 3 is 2.44 bits per heavy atom. The van der Waals surface area contributed by atoms with Crippen molar-refractivity contribution in [3.05, 3.63) is 58.1 Å². The largest absolute Gasteiger partial charge is 0.332 e. The Hall–Kier alpha value is -1.88. The van der Waals surface area contributed by atoms with Crippen LogP contribution in [0.1, 0.15) is 35.3 Å². The first kappa shape index (κ1) is 18.5. The van der Waals surface area contributed by atoms with Crippen molar-refractivity contribution in [1.29, 1.82) is 0 Å². The molecule has 0 aliphatic carbocycles. The standard InChI is InChI=1S/C22H26ClN3O/c1-15(2)26-13-18-10-19(21(23)11-20(18)22(26)27)17-6-4-16(5-7-17)12-25-9-8-24(3)14-25/h4-7,10-11,15H,8-9,12-14H2,1-3H3. The molecule has 0 N–H and O–H groups in total. The van der Waals surface area contributed by atoms with Crippen LogP contribution < -0.4 is 0 Å². The number of fused-ring (bicyclic) bond motifs is 1. The van der Waals surface area contributed by atoms with Crippen LogP contribution >= 0.6 is 11.6 Å². The lowest BCUT2D eigenvalue weighted by atomic mass is 9.99. The maximum atomic E-state index is 12.5. The van der Waals surface area contributed by atoms with Crippen molar-refractivity contribution < 1.29 is 4.79 Å². The van der Waals surface area contributed by atoms with Gasteiger partial charge in [-0.3, -0.25) is 14.6 Å². The lowest BCUT2D eigenvalue weighted by Gasteiger charge is -2.19. The number of carbonyl (C=O) groups excluding carboxylic acids is 1. The zero-order valence-corrected chi connectivity index (χ0v) is 17.0. The van der Waals surface area contributed by atoms with Gasteiger partial charge in [0.25, 0.3) is 5.91 Å². The Labute approximate surface area is 166 Å². The fourth-order valence-electron chi connectivity index (χ4n) is 3.97. The van der Waals surface area contributed by atoms with E-state index in [0.717, 1.165) is 48.6 Å². The molecule has 27 heavy (non-hydrogen) atoms. The third-order valence-electron chi connectivity index (χ3n) is 5.56. The molecular formula is C22H26ClN3O. The first-order valence-electron chi connectivity index (χ1n) is 9.56. The average molecular weight is 384 g/mol. The predicted molar refractivity (Wildman–Crippen MR) is 110 cm³/mol. The van der Waals surface area contributed by atoms with E-state index in [1.807, 2.05) is 24.8 Å². The Bertz CT molecular complexity index is 863. The molecule has 5 heteroatoms. The van der Waals surface area contributed by atoms with Gasteiger partial charge in [-0.25, -0.2) is 0 Å². The van der Waals surface area contributed by atoms with Crippen LogP contribution in [0.25, 0.3) is 11.1 Å². The van der Waals surface area contributed by atoms with Crippen molar-refractivity contribution >= 4 is 17.5 Å². The number of hydrogen-bond donors (Lipinski definition) is 0. The molecular weight excluding hydrogens is 358 g/mol. The van der Waals surface area contributed by atoms with Crippen LogP contribution in [0.3, 0.4) is 0 Å². The number of hydrogen-bond acceptors (Lipinski definition) is 3. The molecule has 0 spiro atoms. The topological polar surface area (TPSA) is 26.8 Å². The van der Waals surface area contributed by atoms with E-state index in [4.69, 9.17) is 11.6 Å². The Morgan fingerprint density at radius 2 is 1.81 bits per heavy atom. The number of amides is 1. The second kappa shape index (κ2) is 7.27. The van der Waals surface area contributed by atoms with Crippen LogP contribution in [-0.2, 0) is 13.1 Å².